The van der Waals surface area contributed by atoms with E-state index in [0.717, 1.165) is 59.1 Å². The minimum absolute atomic E-state index is 0.0844. The highest BCUT2D eigenvalue weighted by molar-refractivity contribution is 6.05. The van der Waals surface area contributed by atoms with E-state index in [2.05, 4.69) is 31.2 Å². The van der Waals surface area contributed by atoms with Crippen LogP contribution in [0.2, 0.25) is 0 Å². The predicted molar refractivity (Wildman–Crippen MR) is 211 cm³/mol. The van der Waals surface area contributed by atoms with Crippen molar-refractivity contribution in [3.63, 3.8) is 0 Å². The third-order valence-electron chi connectivity index (χ3n) is 10.4. The van der Waals surface area contributed by atoms with Crippen LogP contribution < -0.4 is 21.3 Å². The maximum atomic E-state index is 13.6. The molecule has 2 saturated carbocycles. The number of hydrogen-bond acceptors (Lipinski definition) is 10. The second-order valence-corrected chi connectivity index (χ2v) is 14.7. The molecule has 2 amide bonds. The average molecular weight is 793 g/mol. The largest absolute Gasteiger partial charge is 0.481 e. The van der Waals surface area contributed by atoms with E-state index in [9.17, 15) is 39.0 Å². The molecule has 302 valence electrons. The second-order valence-electron chi connectivity index (χ2n) is 14.7. The van der Waals surface area contributed by atoms with E-state index in [0.29, 0.717) is 22.5 Å². The zero-order chi connectivity index (χ0) is 41.7. The molecule has 2 unspecified atom stereocenters. The number of amides is 2. The van der Waals surface area contributed by atoms with Crippen LogP contribution >= 0.6 is 0 Å². The molecule has 2 aromatic carbocycles. The van der Waals surface area contributed by atoms with Crippen LogP contribution in [-0.2, 0) is 32.3 Å². The lowest BCUT2D eigenvalue weighted by molar-refractivity contribution is -0.146. The molecular weight excluding hydrogens is 748 g/mol. The fourth-order valence-corrected chi connectivity index (χ4v) is 6.90. The molecule has 16 heteroatoms. The van der Waals surface area contributed by atoms with Gasteiger partial charge in [-0.15, -0.1) is 0 Å². The Hall–Kier alpha value is -6.52. The molecule has 16 nitrogen and oxygen atoms in total. The van der Waals surface area contributed by atoms with E-state index in [1.807, 2.05) is 38.1 Å². The summed E-state index contributed by atoms with van der Waals surface area (Å²) >= 11 is 0. The van der Waals surface area contributed by atoms with Gasteiger partial charge in [0, 0.05) is 36.9 Å². The molecule has 0 bridgehead atoms. The summed E-state index contributed by atoms with van der Waals surface area (Å²) in [5.74, 6) is -5.49. The highest BCUT2D eigenvalue weighted by atomic mass is 16.4. The number of hydrogen-bond donors (Lipinski definition) is 8. The number of aliphatic carboxylic acids is 4. The van der Waals surface area contributed by atoms with Crippen molar-refractivity contribution < 1.29 is 49.2 Å². The Morgan fingerprint density at radius 1 is 0.621 bits per heavy atom. The van der Waals surface area contributed by atoms with E-state index in [4.69, 9.17) is 10.2 Å². The van der Waals surface area contributed by atoms with Gasteiger partial charge in [-0.3, -0.25) is 49.4 Å². The van der Waals surface area contributed by atoms with Crippen LogP contribution in [0.15, 0.2) is 60.9 Å². The first-order chi connectivity index (χ1) is 27.7. The van der Waals surface area contributed by atoms with Crippen molar-refractivity contribution in [1.82, 2.24) is 20.6 Å². The molecule has 8 N–H and O–H groups in total. The van der Waals surface area contributed by atoms with Crippen molar-refractivity contribution >= 4 is 47.1 Å². The lowest BCUT2D eigenvalue weighted by atomic mass is 9.94. The summed E-state index contributed by atoms with van der Waals surface area (Å²) in [5.41, 5.74) is 7.79. The number of carboxylic acids is 4. The van der Waals surface area contributed by atoms with Crippen molar-refractivity contribution in [2.24, 2.45) is 0 Å². The van der Waals surface area contributed by atoms with Crippen molar-refractivity contribution in [3.8, 4) is 11.1 Å². The first kappa shape index (κ1) is 41.1. The molecule has 6 rings (SSSR count). The topological polar surface area (TPSA) is 257 Å². The highest BCUT2D eigenvalue weighted by Gasteiger charge is 2.30. The number of pyridine rings is 2. The third-order valence-corrected chi connectivity index (χ3v) is 10.4. The maximum Gasteiger partial charge on any atom is 0.321 e. The Bertz CT molecular complexity index is 2130. The molecule has 2 aliphatic rings. The molecule has 2 heterocycles. The Morgan fingerprint density at radius 2 is 1.00 bits per heavy atom. The van der Waals surface area contributed by atoms with E-state index in [1.165, 1.54) is 12.4 Å². The van der Waals surface area contributed by atoms with E-state index < -0.39 is 60.6 Å². The number of carbonyl (C=O) groups is 6. The molecule has 2 aromatic heterocycles. The van der Waals surface area contributed by atoms with Crippen LogP contribution in [0, 0.1) is 13.8 Å². The van der Waals surface area contributed by atoms with Gasteiger partial charge in [0.15, 0.2) is 0 Å². The summed E-state index contributed by atoms with van der Waals surface area (Å²) in [6.07, 6.45) is 5.53. The Labute approximate surface area is 333 Å². The van der Waals surface area contributed by atoms with Crippen LogP contribution in [0.3, 0.4) is 0 Å². The highest BCUT2D eigenvalue weighted by Crippen LogP contribution is 2.43. The van der Waals surface area contributed by atoms with Gasteiger partial charge in [-0.05, 0) is 120 Å². The van der Waals surface area contributed by atoms with Gasteiger partial charge in [0.25, 0.3) is 11.8 Å². The normalized spacial score (nSPS) is 14.6. The van der Waals surface area contributed by atoms with Gasteiger partial charge < -0.3 is 31.1 Å². The third kappa shape index (κ3) is 10.1. The Balaban J connectivity index is 1.16. The zero-order valence-electron chi connectivity index (χ0n) is 31.9. The zero-order valence-corrected chi connectivity index (χ0v) is 31.9. The Morgan fingerprint density at radius 3 is 1.33 bits per heavy atom. The fraction of sp³-hybridized carbons (Fsp3) is 0.333. The molecular formula is C42H44N6O10. The lowest BCUT2D eigenvalue weighted by Crippen LogP contribution is -2.38. The minimum Gasteiger partial charge on any atom is -0.481 e. The van der Waals surface area contributed by atoms with E-state index in [-0.39, 0.29) is 36.3 Å². The molecule has 4 aromatic rings. The van der Waals surface area contributed by atoms with Crippen LogP contribution in [0.1, 0.15) is 105 Å². The summed E-state index contributed by atoms with van der Waals surface area (Å²) in [4.78, 5) is 81.2. The summed E-state index contributed by atoms with van der Waals surface area (Å²) in [7, 11) is 0. The van der Waals surface area contributed by atoms with Crippen LogP contribution in [-0.4, -0.2) is 78.2 Å². The molecule has 0 radical (unpaired) electrons. The Kier molecular flexibility index (Phi) is 12.6. The molecule has 0 saturated heterocycles. The summed E-state index contributed by atoms with van der Waals surface area (Å²) < 4.78 is 0. The average Bonchev–Trinajstić information content (AvgIpc) is 4.11. The molecule has 2 fully saturated rings. The summed E-state index contributed by atoms with van der Waals surface area (Å²) in [6.45, 7) is 3.93. The van der Waals surface area contributed by atoms with Gasteiger partial charge >= 0.3 is 23.9 Å². The number of carboxylic acid groups (broad SMARTS) is 4. The van der Waals surface area contributed by atoms with Crippen LogP contribution in [0.4, 0.5) is 11.4 Å². The molecule has 2 aliphatic carbocycles. The van der Waals surface area contributed by atoms with Crippen molar-refractivity contribution in [2.45, 2.75) is 89.4 Å². The molecule has 58 heavy (non-hydrogen) atoms. The van der Waals surface area contributed by atoms with Crippen molar-refractivity contribution in [2.75, 3.05) is 10.6 Å². The van der Waals surface area contributed by atoms with Gasteiger partial charge in [-0.25, -0.2) is 0 Å². The van der Waals surface area contributed by atoms with Gasteiger partial charge in [0.1, 0.15) is 23.5 Å². The van der Waals surface area contributed by atoms with E-state index in [1.54, 1.807) is 24.3 Å². The number of rotatable bonds is 19. The fourth-order valence-electron chi connectivity index (χ4n) is 6.90. The second kappa shape index (κ2) is 17.7. The van der Waals surface area contributed by atoms with Gasteiger partial charge in [0.05, 0.1) is 12.8 Å². The minimum atomic E-state index is -1.27. The number of nitrogens with zero attached hydrogens (tertiary/aromatic N) is 2. The number of anilines is 2. The quantitative estimate of drug-likeness (QED) is 0.0618. The first-order valence-electron chi connectivity index (χ1n) is 18.9. The number of nitrogens with one attached hydrogen (secondary N) is 4. The standard InChI is InChI=1S/C42H44N6O10/c1-21-27(5-3-7-31(21)47-39(53)33-13-29(23-9-10-23)25(17-43-33)19-45-35(41(55)56)15-37(49)50)28-6-4-8-32(22(28)2)48-40(54)34-14-30(24-11-12-24)26(18-44-34)20-46-36(42(57)58)16-38(51)52/h3-8,13-14,17-18,23-24,35-36,45-46H,9-12,15-16,19-20H2,1-2H3,(H,47,53)(H,48,54)(H,49,50)(H,51,52)(H,55,56)(H,57,58). The molecule has 2 atom stereocenters. The lowest BCUT2D eigenvalue weighted by Gasteiger charge is -2.18. The smallest absolute Gasteiger partial charge is 0.321 e. The molecule has 0 spiro atoms. The predicted octanol–water partition coefficient (Wildman–Crippen LogP) is 5.05. The van der Waals surface area contributed by atoms with Crippen LogP contribution in [0.25, 0.3) is 11.1 Å². The van der Waals surface area contributed by atoms with E-state index >= 15 is 0 Å². The maximum absolute atomic E-state index is 13.6. The first-order valence-corrected chi connectivity index (χ1v) is 18.9. The summed E-state index contributed by atoms with van der Waals surface area (Å²) in [5, 5.41) is 48.5. The molecule has 0 aliphatic heterocycles. The number of benzene rings is 2. The monoisotopic (exact) mass is 792 g/mol. The van der Waals surface area contributed by atoms with Gasteiger partial charge in [0.2, 0.25) is 0 Å². The number of carbonyl (C=O) groups excluding carboxylic acids is 2. The van der Waals surface area contributed by atoms with Crippen molar-refractivity contribution in [3.05, 3.63) is 106 Å². The summed E-state index contributed by atoms with van der Waals surface area (Å²) in [6, 6.07) is 11.9. The van der Waals surface area contributed by atoms with Crippen molar-refractivity contribution in [1.29, 1.82) is 0 Å². The van der Waals surface area contributed by atoms with Gasteiger partial charge in [-0.2, -0.15) is 0 Å². The van der Waals surface area contributed by atoms with Crippen LogP contribution in [0.5, 0.6) is 0 Å². The number of aromatic nitrogens is 2. The SMILES string of the molecule is Cc1c(NC(=O)c2cc(C3CC3)c(CNC(CC(=O)O)C(=O)O)cn2)cccc1-c1cccc(NC(=O)c2cc(C3CC3)c(CNC(CC(=O)O)C(=O)O)cn2)c1C. The van der Waals surface area contributed by atoms with Gasteiger partial charge in [-0.1, -0.05) is 24.3 Å².